The maximum Gasteiger partial charge on any atom is 0.269 e. The van der Waals surface area contributed by atoms with E-state index in [2.05, 4.69) is 16.0 Å². The molecule has 1 aliphatic heterocycles. The predicted octanol–water partition coefficient (Wildman–Crippen LogP) is 2.97. The number of benzene rings is 2. The molecule has 0 spiro atoms. The molecule has 3 rings (SSSR count). The predicted molar refractivity (Wildman–Crippen MR) is 98.3 cm³/mol. The van der Waals surface area contributed by atoms with E-state index in [1.54, 1.807) is 0 Å². The molecule has 8 heteroatoms. The molecule has 0 saturated heterocycles. The van der Waals surface area contributed by atoms with Crippen LogP contribution in [0.4, 0.5) is 22.7 Å². The topological polar surface area (TPSA) is 113 Å². The van der Waals surface area contributed by atoms with Gasteiger partial charge in [0.15, 0.2) is 0 Å². The molecule has 1 heterocycles. The Morgan fingerprint density at radius 1 is 1.15 bits per heavy atom. The van der Waals surface area contributed by atoms with Crippen LogP contribution in [0.15, 0.2) is 36.4 Å². The van der Waals surface area contributed by atoms with Crippen LogP contribution in [0.2, 0.25) is 0 Å². The molecule has 0 radical (unpaired) electrons. The fraction of sp³-hybridized carbons (Fsp3) is 0.222. The lowest BCUT2D eigenvalue weighted by Gasteiger charge is -2.27. The van der Waals surface area contributed by atoms with Crippen LogP contribution >= 0.6 is 0 Å². The number of hydrogen-bond acceptors (Lipinski definition) is 5. The third-order valence-corrected chi connectivity index (χ3v) is 4.29. The van der Waals surface area contributed by atoms with E-state index in [4.69, 9.17) is 0 Å². The molecule has 2 aromatic rings. The summed E-state index contributed by atoms with van der Waals surface area (Å²) in [6.07, 6.45) is -0.0603. The Bertz CT molecular complexity index is 893. The van der Waals surface area contributed by atoms with Crippen LogP contribution < -0.4 is 16.0 Å². The minimum absolute atomic E-state index is 0.0569. The van der Waals surface area contributed by atoms with E-state index in [0.717, 1.165) is 16.8 Å². The van der Waals surface area contributed by atoms with Crippen LogP contribution in [0.1, 0.15) is 17.5 Å². The average molecular weight is 354 g/mol. The van der Waals surface area contributed by atoms with Crippen molar-refractivity contribution < 1.29 is 14.5 Å². The first-order valence-corrected chi connectivity index (χ1v) is 8.06. The number of aryl methyl sites for hydroxylation is 2. The number of non-ortho nitro benzene ring substituents is 1. The molecule has 134 valence electrons. The quantitative estimate of drug-likeness (QED) is 0.577. The van der Waals surface area contributed by atoms with Crippen molar-refractivity contribution >= 4 is 34.6 Å². The average Bonchev–Trinajstić information content (AvgIpc) is 2.58. The number of nitro benzene ring substituents is 1. The molecule has 0 aromatic heterocycles. The van der Waals surface area contributed by atoms with Crippen LogP contribution in [-0.2, 0) is 9.59 Å². The summed E-state index contributed by atoms with van der Waals surface area (Å²) in [5.74, 6) is -0.640. The number of fused-ring (bicyclic) bond motifs is 1. The normalized spacial score (nSPS) is 15.5. The summed E-state index contributed by atoms with van der Waals surface area (Å²) in [7, 11) is 0. The summed E-state index contributed by atoms with van der Waals surface area (Å²) in [5.41, 5.74) is 4.01. The summed E-state index contributed by atoms with van der Waals surface area (Å²) >= 11 is 0. The van der Waals surface area contributed by atoms with Crippen molar-refractivity contribution in [3.63, 3.8) is 0 Å². The molecule has 8 nitrogen and oxygen atoms in total. The standard InChI is InChI=1S/C18H18N4O4/c1-10-7-14-15(8-11(10)2)21-18(24)16(20-14)9-17(23)19-12-3-5-13(6-4-12)22(25)26/h3-8,16,20H,9H2,1-2H3,(H,19,23)(H,21,24). The van der Waals surface area contributed by atoms with Gasteiger partial charge in [-0.25, -0.2) is 0 Å². The highest BCUT2D eigenvalue weighted by molar-refractivity contribution is 6.06. The molecule has 26 heavy (non-hydrogen) atoms. The highest BCUT2D eigenvalue weighted by atomic mass is 16.6. The zero-order valence-electron chi connectivity index (χ0n) is 14.3. The SMILES string of the molecule is Cc1cc2c(cc1C)NC(CC(=O)Nc1ccc([N+](=O)[O-])cc1)C(=O)N2. The minimum atomic E-state index is -0.692. The first kappa shape index (κ1) is 17.4. The second-order valence-electron chi connectivity index (χ2n) is 6.22. The molecular formula is C18H18N4O4. The Morgan fingerprint density at radius 2 is 1.77 bits per heavy atom. The molecule has 0 bridgehead atoms. The number of nitro groups is 1. The van der Waals surface area contributed by atoms with E-state index in [-0.39, 0.29) is 23.9 Å². The highest BCUT2D eigenvalue weighted by Crippen LogP contribution is 2.30. The summed E-state index contributed by atoms with van der Waals surface area (Å²) < 4.78 is 0. The highest BCUT2D eigenvalue weighted by Gasteiger charge is 2.28. The number of nitrogens with one attached hydrogen (secondary N) is 3. The monoisotopic (exact) mass is 354 g/mol. The Hall–Kier alpha value is -3.42. The summed E-state index contributed by atoms with van der Waals surface area (Å²) in [5, 5.41) is 19.2. The maximum atomic E-state index is 12.2. The smallest absolute Gasteiger partial charge is 0.269 e. The number of nitrogens with zero attached hydrogens (tertiary/aromatic N) is 1. The number of amides is 2. The Labute approximate surface area is 149 Å². The van der Waals surface area contributed by atoms with Gasteiger partial charge in [0.25, 0.3) is 5.69 Å². The molecule has 2 aromatic carbocycles. The van der Waals surface area contributed by atoms with Gasteiger partial charge in [0, 0.05) is 17.8 Å². The number of hydrogen-bond donors (Lipinski definition) is 3. The van der Waals surface area contributed by atoms with Gasteiger partial charge in [0.1, 0.15) is 6.04 Å². The van der Waals surface area contributed by atoms with E-state index < -0.39 is 11.0 Å². The van der Waals surface area contributed by atoms with E-state index in [0.29, 0.717) is 11.4 Å². The molecule has 0 saturated carbocycles. The molecule has 0 fully saturated rings. The lowest BCUT2D eigenvalue weighted by atomic mass is 10.0. The van der Waals surface area contributed by atoms with Gasteiger partial charge >= 0.3 is 0 Å². The number of carbonyl (C=O) groups excluding carboxylic acids is 2. The fourth-order valence-corrected chi connectivity index (χ4v) is 2.72. The van der Waals surface area contributed by atoms with Gasteiger partial charge in [-0.3, -0.25) is 19.7 Å². The largest absolute Gasteiger partial charge is 0.372 e. The summed E-state index contributed by atoms with van der Waals surface area (Å²) in [6, 6.07) is 8.65. The van der Waals surface area contributed by atoms with Crippen molar-refractivity contribution in [1.29, 1.82) is 0 Å². The van der Waals surface area contributed by atoms with Crippen molar-refractivity contribution in [2.24, 2.45) is 0 Å². The lowest BCUT2D eigenvalue weighted by Crippen LogP contribution is -2.41. The number of rotatable bonds is 4. The third-order valence-electron chi connectivity index (χ3n) is 4.29. The first-order valence-electron chi connectivity index (χ1n) is 8.06. The van der Waals surface area contributed by atoms with Gasteiger partial charge in [-0.05, 0) is 49.2 Å². The molecule has 1 aliphatic rings. The zero-order valence-corrected chi connectivity index (χ0v) is 14.3. The van der Waals surface area contributed by atoms with Crippen molar-refractivity contribution in [1.82, 2.24) is 0 Å². The second kappa shape index (κ2) is 6.83. The van der Waals surface area contributed by atoms with Crippen LogP contribution in [0, 0.1) is 24.0 Å². The van der Waals surface area contributed by atoms with Crippen LogP contribution in [0.25, 0.3) is 0 Å². The third kappa shape index (κ3) is 3.64. The van der Waals surface area contributed by atoms with Crippen LogP contribution in [-0.4, -0.2) is 22.8 Å². The Balaban J connectivity index is 1.66. The van der Waals surface area contributed by atoms with Crippen molar-refractivity contribution in [3.8, 4) is 0 Å². The molecule has 0 aliphatic carbocycles. The van der Waals surface area contributed by atoms with E-state index >= 15 is 0 Å². The zero-order chi connectivity index (χ0) is 18.8. The Morgan fingerprint density at radius 3 is 2.38 bits per heavy atom. The van der Waals surface area contributed by atoms with Gasteiger partial charge in [0.2, 0.25) is 11.8 Å². The minimum Gasteiger partial charge on any atom is -0.372 e. The second-order valence-corrected chi connectivity index (χ2v) is 6.22. The molecular weight excluding hydrogens is 336 g/mol. The van der Waals surface area contributed by atoms with Crippen molar-refractivity contribution in [2.75, 3.05) is 16.0 Å². The molecule has 3 N–H and O–H groups in total. The van der Waals surface area contributed by atoms with Crippen LogP contribution in [0.3, 0.4) is 0 Å². The lowest BCUT2D eigenvalue weighted by molar-refractivity contribution is -0.384. The molecule has 1 unspecified atom stereocenters. The van der Waals surface area contributed by atoms with Gasteiger partial charge in [-0.15, -0.1) is 0 Å². The maximum absolute atomic E-state index is 12.2. The summed E-state index contributed by atoms with van der Waals surface area (Å²) in [6.45, 7) is 3.94. The fourth-order valence-electron chi connectivity index (χ4n) is 2.72. The van der Waals surface area contributed by atoms with Gasteiger partial charge in [-0.2, -0.15) is 0 Å². The van der Waals surface area contributed by atoms with Gasteiger partial charge < -0.3 is 16.0 Å². The molecule has 2 amide bonds. The van der Waals surface area contributed by atoms with Crippen molar-refractivity contribution in [3.05, 3.63) is 57.6 Å². The van der Waals surface area contributed by atoms with E-state index in [1.165, 1.54) is 24.3 Å². The van der Waals surface area contributed by atoms with Gasteiger partial charge in [0.05, 0.1) is 22.7 Å². The first-order chi connectivity index (χ1) is 12.3. The van der Waals surface area contributed by atoms with Gasteiger partial charge in [-0.1, -0.05) is 0 Å². The number of carbonyl (C=O) groups is 2. The summed E-state index contributed by atoms with van der Waals surface area (Å²) in [4.78, 5) is 34.6. The van der Waals surface area contributed by atoms with Crippen LogP contribution in [0.5, 0.6) is 0 Å². The van der Waals surface area contributed by atoms with Crippen molar-refractivity contribution in [2.45, 2.75) is 26.3 Å². The van der Waals surface area contributed by atoms with E-state index in [9.17, 15) is 19.7 Å². The van der Waals surface area contributed by atoms with E-state index in [1.807, 2.05) is 26.0 Å². The molecule has 1 atom stereocenters. The number of anilines is 3. The Kier molecular flexibility index (Phi) is 4.57.